The molecule has 0 aromatic heterocycles. The summed E-state index contributed by atoms with van der Waals surface area (Å²) in [5, 5.41) is 0. The first-order valence-electron chi connectivity index (χ1n) is 19.4. The molecule has 0 aromatic rings. The van der Waals surface area contributed by atoms with Crippen LogP contribution < -0.4 is 0 Å². The number of hydrogen-bond acceptors (Lipinski definition) is 2. The normalized spacial score (nSPS) is 13.5. The zero-order valence-corrected chi connectivity index (χ0v) is 30.7. The van der Waals surface area contributed by atoms with E-state index in [1.54, 1.807) is 0 Å². The van der Waals surface area contributed by atoms with Gasteiger partial charge in [-0.25, -0.2) is 0 Å². The largest absolute Gasteiger partial charge is 0.378 e. The third-order valence-corrected chi connectivity index (χ3v) is 8.21. The summed E-state index contributed by atoms with van der Waals surface area (Å²) < 4.78 is 6.42. The van der Waals surface area contributed by atoms with Crippen molar-refractivity contribution in [1.29, 1.82) is 0 Å². The molecule has 0 bridgehead atoms. The van der Waals surface area contributed by atoms with Gasteiger partial charge in [-0.1, -0.05) is 151 Å². The van der Waals surface area contributed by atoms with E-state index in [1.165, 1.54) is 122 Å². The van der Waals surface area contributed by atoms with Crippen molar-refractivity contribution >= 4 is 0 Å². The molecule has 0 aliphatic carbocycles. The van der Waals surface area contributed by atoms with E-state index >= 15 is 0 Å². The van der Waals surface area contributed by atoms with Crippen LogP contribution in [0.15, 0.2) is 72.9 Å². The van der Waals surface area contributed by atoms with Crippen molar-refractivity contribution in [3.05, 3.63) is 72.9 Å². The second-order valence-corrected chi connectivity index (χ2v) is 13.0. The fourth-order valence-corrected chi connectivity index (χ4v) is 5.43. The lowest BCUT2D eigenvalue weighted by Gasteiger charge is -2.18. The standard InChI is InChI=1S/C43H77NO/c1-5-7-9-11-13-15-17-19-21-23-25-27-29-31-33-35-39-43(45-42-38-37-41-44(3)4)40-36-34-32-30-28-26-24-22-20-18-16-14-12-10-8-6-2/h7-10,13-16,19-22,43H,5-6,11-12,17-18,23-42H2,1-4H3. The van der Waals surface area contributed by atoms with Crippen LogP contribution in [0.2, 0.25) is 0 Å². The minimum Gasteiger partial charge on any atom is -0.378 e. The third-order valence-electron chi connectivity index (χ3n) is 8.21. The van der Waals surface area contributed by atoms with Crippen LogP contribution in [0.1, 0.15) is 168 Å². The highest BCUT2D eigenvalue weighted by atomic mass is 16.5. The van der Waals surface area contributed by atoms with E-state index in [0.717, 1.165) is 45.1 Å². The van der Waals surface area contributed by atoms with E-state index in [9.17, 15) is 0 Å². The van der Waals surface area contributed by atoms with Crippen LogP contribution in [0.5, 0.6) is 0 Å². The lowest BCUT2D eigenvalue weighted by Crippen LogP contribution is -2.16. The average Bonchev–Trinajstić information content (AvgIpc) is 3.03. The van der Waals surface area contributed by atoms with Gasteiger partial charge in [0.25, 0.3) is 0 Å². The zero-order chi connectivity index (χ0) is 32.7. The molecule has 0 fully saturated rings. The molecule has 0 saturated heterocycles. The Kier molecular flexibility index (Phi) is 37.1. The molecule has 0 saturated carbocycles. The Morgan fingerprint density at radius 1 is 0.422 bits per heavy atom. The van der Waals surface area contributed by atoms with Crippen molar-refractivity contribution in [3.63, 3.8) is 0 Å². The molecule has 0 spiro atoms. The summed E-state index contributed by atoms with van der Waals surface area (Å²) in [6.07, 6.45) is 58.3. The fraction of sp³-hybridized carbons (Fsp3) is 0.721. The van der Waals surface area contributed by atoms with E-state index in [2.05, 4.69) is 106 Å². The molecule has 0 radical (unpaired) electrons. The van der Waals surface area contributed by atoms with Gasteiger partial charge in [-0.2, -0.15) is 0 Å². The van der Waals surface area contributed by atoms with Crippen LogP contribution in [-0.4, -0.2) is 38.3 Å². The molecule has 0 heterocycles. The van der Waals surface area contributed by atoms with Crippen molar-refractivity contribution in [2.45, 2.75) is 174 Å². The van der Waals surface area contributed by atoms with Gasteiger partial charge in [-0.3, -0.25) is 0 Å². The Hall–Kier alpha value is -1.64. The zero-order valence-electron chi connectivity index (χ0n) is 30.7. The molecule has 2 nitrogen and oxygen atoms in total. The van der Waals surface area contributed by atoms with Crippen molar-refractivity contribution in [3.8, 4) is 0 Å². The summed E-state index contributed by atoms with van der Waals surface area (Å²) in [4.78, 5) is 2.28. The van der Waals surface area contributed by atoms with Gasteiger partial charge in [0.2, 0.25) is 0 Å². The quantitative estimate of drug-likeness (QED) is 0.0522. The molecule has 0 rings (SSSR count). The Labute approximate surface area is 283 Å². The van der Waals surface area contributed by atoms with Gasteiger partial charge in [0, 0.05) is 6.61 Å². The van der Waals surface area contributed by atoms with E-state index < -0.39 is 0 Å². The van der Waals surface area contributed by atoms with Gasteiger partial charge in [0.15, 0.2) is 0 Å². The highest BCUT2D eigenvalue weighted by molar-refractivity contribution is 4.98. The minimum atomic E-state index is 0.480. The maximum Gasteiger partial charge on any atom is 0.0575 e. The molecule has 0 aliphatic heterocycles. The van der Waals surface area contributed by atoms with Gasteiger partial charge in [0.05, 0.1) is 6.10 Å². The highest BCUT2D eigenvalue weighted by Crippen LogP contribution is 2.18. The van der Waals surface area contributed by atoms with E-state index in [1.807, 2.05) is 0 Å². The van der Waals surface area contributed by atoms with Crippen LogP contribution in [0.3, 0.4) is 0 Å². The van der Waals surface area contributed by atoms with Gasteiger partial charge >= 0.3 is 0 Å². The number of unbranched alkanes of at least 4 members (excludes halogenated alkanes) is 13. The van der Waals surface area contributed by atoms with Crippen molar-refractivity contribution in [1.82, 2.24) is 4.90 Å². The minimum absolute atomic E-state index is 0.480. The number of hydrogen-bond donors (Lipinski definition) is 0. The second-order valence-electron chi connectivity index (χ2n) is 13.0. The number of allylic oxidation sites excluding steroid dienone is 12. The molecule has 0 aliphatic rings. The van der Waals surface area contributed by atoms with Crippen molar-refractivity contribution in [2.75, 3.05) is 27.2 Å². The predicted octanol–water partition coefficient (Wildman–Crippen LogP) is 13.7. The third kappa shape index (κ3) is 38.5. The van der Waals surface area contributed by atoms with Crippen LogP contribution in [0, 0.1) is 0 Å². The summed E-state index contributed by atoms with van der Waals surface area (Å²) in [5.74, 6) is 0. The molecule has 45 heavy (non-hydrogen) atoms. The number of rotatable bonds is 34. The maximum atomic E-state index is 6.42. The van der Waals surface area contributed by atoms with Gasteiger partial charge in [-0.05, 0) is 111 Å². The van der Waals surface area contributed by atoms with E-state index in [-0.39, 0.29) is 0 Å². The Morgan fingerprint density at radius 2 is 0.800 bits per heavy atom. The van der Waals surface area contributed by atoms with Gasteiger partial charge < -0.3 is 9.64 Å². The summed E-state index contributed by atoms with van der Waals surface area (Å²) in [7, 11) is 4.33. The molecule has 0 N–H and O–H groups in total. The molecule has 0 aromatic carbocycles. The molecule has 0 amide bonds. The SMILES string of the molecule is CCC=CCC=CCC=CCCCCCCCCC(CCCCCCCCC=CCC=CCC=CCC)OCCCCN(C)C. The number of nitrogens with zero attached hydrogens (tertiary/aromatic N) is 1. The Morgan fingerprint density at radius 3 is 1.22 bits per heavy atom. The summed E-state index contributed by atoms with van der Waals surface area (Å²) in [6, 6.07) is 0. The van der Waals surface area contributed by atoms with Crippen molar-refractivity contribution in [2.24, 2.45) is 0 Å². The molecule has 2 heteroatoms. The molecular formula is C43H77NO. The van der Waals surface area contributed by atoms with Crippen LogP contribution in [0.4, 0.5) is 0 Å². The predicted molar refractivity (Wildman–Crippen MR) is 205 cm³/mol. The lowest BCUT2D eigenvalue weighted by atomic mass is 10.0. The molecule has 0 unspecified atom stereocenters. The van der Waals surface area contributed by atoms with Crippen molar-refractivity contribution < 1.29 is 4.74 Å². The van der Waals surface area contributed by atoms with E-state index in [4.69, 9.17) is 4.74 Å². The highest BCUT2D eigenvalue weighted by Gasteiger charge is 2.09. The fourth-order valence-electron chi connectivity index (χ4n) is 5.43. The summed E-state index contributed by atoms with van der Waals surface area (Å²) in [5.41, 5.74) is 0. The Balaban J connectivity index is 3.92. The first-order valence-corrected chi connectivity index (χ1v) is 19.4. The lowest BCUT2D eigenvalue weighted by molar-refractivity contribution is 0.0353. The molecule has 260 valence electrons. The van der Waals surface area contributed by atoms with Gasteiger partial charge in [0.1, 0.15) is 0 Å². The van der Waals surface area contributed by atoms with Crippen LogP contribution in [0.25, 0.3) is 0 Å². The van der Waals surface area contributed by atoms with Gasteiger partial charge in [-0.15, -0.1) is 0 Å². The smallest absolute Gasteiger partial charge is 0.0575 e. The summed E-state index contributed by atoms with van der Waals surface area (Å²) >= 11 is 0. The van der Waals surface area contributed by atoms with Crippen LogP contribution >= 0.6 is 0 Å². The average molecular weight is 624 g/mol. The summed E-state index contributed by atoms with van der Waals surface area (Å²) in [6.45, 7) is 6.48. The van der Waals surface area contributed by atoms with E-state index in [0.29, 0.717) is 6.10 Å². The number of ether oxygens (including phenoxy) is 1. The topological polar surface area (TPSA) is 12.5 Å². The molecule has 0 atom stereocenters. The monoisotopic (exact) mass is 624 g/mol. The second kappa shape index (κ2) is 38.5. The first kappa shape index (κ1) is 43.4. The maximum absolute atomic E-state index is 6.42. The first-order chi connectivity index (χ1) is 22.2. The van der Waals surface area contributed by atoms with Crippen LogP contribution in [-0.2, 0) is 4.74 Å². The molecular weight excluding hydrogens is 546 g/mol. The Bertz CT molecular complexity index is 687.